The number of methoxy groups -OCH3 is 1. The van der Waals surface area contributed by atoms with Crippen LogP contribution in [0.25, 0.3) is 0 Å². The van der Waals surface area contributed by atoms with E-state index in [-0.39, 0.29) is 23.8 Å². The predicted octanol–water partition coefficient (Wildman–Crippen LogP) is 2.76. The summed E-state index contributed by atoms with van der Waals surface area (Å²) in [5.41, 5.74) is 0.801. The third-order valence-electron chi connectivity index (χ3n) is 6.23. The van der Waals surface area contributed by atoms with E-state index in [0.29, 0.717) is 42.8 Å². The Morgan fingerprint density at radius 2 is 1.67 bits per heavy atom. The van der Waals surface area contributed by atoms with Crippen molar-refractivity contribution in [3.05, 3.63) is 65.5 Å². The first-order valence-electron chi connectivity index (χ1n) is 11.3. The summed E-state index contributed by atoms with van der Waals surface area (Å²) in [6.45, 7) is 0.947. The van der Waals surface area contributed by atoms with Crippen molar-refractivity contribution in [2.45, 2.75) is 37.8 Å². The molecule has 3 amide bonds. The molecule has 2 aromatic carbocycles. The fraction of sp³-hybridized carbons (Fsp3) is 0.400. The monoisotopic (exact) mass is 453 g/mol. The third-order valence-corrected chi connectivity index (χ3v) is 6.23. The van der Waals surface area contributed by atoms with Crippen LogP contribution in [0.4, 0.5) is 4.39 Å². The molecule has 2 N–H and O–H groups in total. The molecule has 1 saturated carbocycles. The number of hydrogen-bond donors (Lipinski definition) is 2. The molecule has 0 bridgehead atoms. The van der Waals surface area contributed by atoms with Gasteiger partial charge in [-0.05, 0) is 68.0 Å². The number of benzene rings is 2. The number of halogens is 1. The molecule has 1 aliphatic heterocycles. The van der Waals surface area contributed by atoms with Crippen molar-refractivity contribution in [2.24, 2.45) is 5.92 Å². The van der Waals surface area contributed by atoms with Crippen LogP contribution in [-0.2, 0) is 4.79 Å². The van der Waals surface area contributed by atoms with Crippen LogP contribution in [0.15, 0.2) is 48.5 Å². The zero-order valence-electron chi connectivity index (χ0n) is 18.6. The Morgan fingerprint density at radius 3 is 2.30 bits per heavy atom. The highest BCUT2D eigenvalue weighted by Crippen LogP contribution is 2.26. The molecule has 4 rings (SSSR count). The molecule has 1 heterocycles. The zero-order chi connectivity index (χ0) is 23.4. The summed E-state index contributed by atoms with van der Waals surface area (Å²) in [6.07, 6.45) is 3.03. The van der Waals surface area contributed by atoms with Crippen molar-refractivity contribution < 1.29 is 23.5 Å². The fourth-order valence-electron chi connectivity index (χ4n) is 4.17. The van der Waals surface area contributed by atoms with Gasteiger partial charge in [0.15, 0.2) is 0 Å². The molecule has 0 aromatic heterocycles. The van der Waals surface area contributed by atoms with E-state index in [9.17, 15) is 18.8 Å². The minimum atomic E-state index is -0.716. The smallest absolute Gasteiger partial charge is 0.257 e. The molecule has 0 radical (unpaired) electrons. The van der Waals surface area contributed by atoms with Crippen LogP contribution in [-0.4, -0.2) is 54.9 Å². The Hall–Kier alpha value is -3.42. The first kappa shape index (κ1) is 22.8. The predicted molar refractivity (Wildman–Crippen MR) is 120 cm³/mol. The number of rotatable bonds is 7. The summed E-state index contributed by atoms with van der Waals surface area (Å²) in [4.78, 5) is 40.5. The van der Waals surface area contributed by atoms with Gasteiger partial charge in [-0.15, -0.1) is 0 Å². The Morgan fingerprint density at radius 1 is 1.00 bits per heavy atom. The van der Waals surface area contributed by atoms with Gasteiger partial charge in [-0.2, -0.15) is 0 Å². The average Bonchev–Trinajstić information content (AvgIpc) is 3.66. The van der Waals surface area contributed by atoms with Gasteiger partial charge in [-0.1, -0.05) is 12.1 Å². The molecule has 2 aliphatic rings. The van der Waals surface area contributed by atoms with Crippen LogP contribution in [0.2, 0.25) is 0 Å². The van der Waals surface area contributed by atoms with Gasteiger partial charge in [-0.3, -0.25) is 14.4 Å². The van der Waals surface area contributed by atoms with Gasteiger partial charge in [-0.25, -0.2) is 4.39 Å². The van der Waals surface area contributed by atoms with Crippen molar-refractivity contribution in [1.82, 2.24) is 15.5 Å². The number of ether oxygens (including phenoxy) is 1. The molecule has 1 atom stereocenters. The molecule has 8 heteroatoms. The van der Waals surface area contributed by atoms with E-state index in [4.69, 9.17) is 4.74 Å². The number of carbonyl (C=O) groups is 3. The number of nitrogens with zero attached hydrogens (tertiary/aromatic N) is 1. The number of carbonyl (C=O) groups excluding carboxylic acids is 3. The van der Waals surface area contributed by atoms with Crippen molar-refractivity contribution in [3.63, 3.8) is 0 Å². The Labute approximate surface area is 192 Å². The first-order valence-corrected chi connectivity index (χ1v) is 11.3. The maximum atomic E-state index is 13.2. The number of piperidine rings is 1. The third kappa shape index (κ3) is 5.50. The molecule has 1 aliphatic carbocycles. The quantitative estimate of drug-likeness (QED) is 0.675. The van der Waals surface area contributed by atoms with Crippen LogP contribution in [0.3, 0.4) is 0 Å². The van der Waals surface area contributed by atoms with Crippen molar-refractivity contribution >= 4 is 17.7 Å². The second-order valence-electron chi connectivity index (χ2n) is 8.57. The molecule has 2 aromatic rings. The molecule has 0 spiro atoms. The second-order valence-corrected chi connectivity index (χ2v) is 8.57. The van der Waals surface area contributed by atoms with Gasteiger partial charge in [0.05, 0.1) is 12.7 Å². The van der Waals surface area contributed by atoms with E-state index in [2.05, 4.69) is 10.6 Å². The maximum Gasteiger partial charge on any atom is 0.257 e. The minimum Gasteiger partial charge on any atom is -0.496 e. The van der Waals surface area contributed by atoms with Crippen LogP contribution >= 0.6 is 0 Å². The number of para-hydroxylation sites is 1. The normalized spacial score (nSPS) is 17.2. The average molecular weight is 454 g/mol. The Bertz CT molecular complexity index is 1010. The van der Waals surface area contributed by atoms with Gasteiger partial charge < -0.3 is 20.3 Å². The standard InChI is InChI=1S/C25H28FN3O4/c1-33-21-5-3-2-4-20(21)25(32)29-14-12-16(13-15-29)22(24(31)27-19-10-11-19)28-23(30)17-6-8-18(26)9-7-17/h2-9,16,19,22H,10-15H2,1H3,(H,27,31)(H,28,30)/t22-/m0/s1. The van der Waals surface area contributed by atoms with E-state index in [1.165, 1.54) is 31.4 Å². The summed E-state index contributed by atoms with van der Waals surface area (Å²) in [7, 11) is 1.53. The highest BCUT2D eigenvalue weighted by atomic mass is 19.1. The summed E-state index contributed by atoms with van der Waals surface area (Å²) in [5.74, 6) is -0.754. The fourth-order valence-corrected chi connectivity index (χ4v) is 4.17. The van der Waals surface area contributed by atoms with Gasteiger partial charge in [0.25, 0.3) is 11.8 Å². The molecule has 2 fully saturated rings. The number of hydrogen-bond acceptors (Lipinski definition) is 4. The van der Waals surface area contributed by atoms with Crippen molar-refractivity contribution in [3.8, 4) is 5.75 Å². The lowest BCUT2D eigenvalue weighted by Gasteiger charge is -2.36. The van der Waals surface area contributed by atoms with Crippen LogP contribution in [0.1, 0.15) is 46.4 Å². The number of likely N-dealkylation sites (tertiary alicyclic amines) is 1. The van der Waals surface area contributed by atoms with Gasteiger partial charge >= 0.3 is 0 Å². The van der Waals surface area contributed by atoms with Gasteiger partial charge in [0, 0.05) is 24.7 Å². The number of nitrogens with one attached hydrogen (secondary N) is 2. The van der Waals surface area contributed by atoms with Crippen LogP contribution in [0, 0.1) is 11.7 Å². The highest BCUT2D eigenvalue weighted by molar-refractivity contribution is 5.98. The van der Waals surface area contributed by atoms with E-state index in [1.54, 1.807) is 23.1 Å². The van der Waals surface area contributed by atoms with Crippen LogP contribution < -0.4 is 15.4 Å². The molecule has 7 nitrogen and oxygen atoms in total. The molecular formula is C25H28FN3O4. The SMILES string of the molecule is COc1ccccc1C(=O)N1CCC([C@H](NC(=O)c2ccc(F)cc2)C(=O)NC2CC2)CC1. The van der Waals surface area contributed by atoms with E-state index in [0.717, 1.165) is 12.8 Å². The summed E-state index contributed by atoms with van der Waals surface area (Å²) in [5, 5.41) is 5.83. The van der Waals surface area contributed by atoms with Crippen LogP contribution in [0.5, 0.6) is 5.75 Å². The largest absolute Gasteiger partial charge is 0.496 e. The van der Waals surface area contributed by atoms with Crippen molar-refractivity contribution in [1.29, 1.82) is 0 Å². The topological polar surface area (TPSA) is 87.7 Å². The Kier molecular flexibility index (Phi) is 6.91. The Balaban J connectivity index is 1.43. The van der Waals surface area contributed by atoms with E-state index >= 15 is 0 Å². The molecule has 0 unspecified atom stereocenters. The maximum absolute atomic E-state index is 13.2. The lowest BCUT2D eigenvalue weighted by molar-refractivity contribution is -0.124. The summed E-state index contributed by atoms with van der Waals surface area (Å²) < 4.78 is 18.5. The first-order chi connectivity index (χ1) is 16.0. The van der Waals surface area contributed by atoms with E-state index < -0.39 is 17.8 Å². The van der Waals surface area contributed by atoms with E-state index in [1.807, 2.05) is 6.07 Å². The molecule has 33 heavy (non-hydrogen) atoms. The minimum absolute atomic E-state index is 0.111. The summed E-state index contributed by atoms with van der Waals surface area (Å²) in [6, 6.07) is 11.8. The molecule has 1 saturated heterocycles. The summed E-state index contributed by atoms with van der Waals surface area (Å²) >= 11 is 0. The second kappa shape index (κ2) is 10.0. The van der Waals surface area contributed by atoms with Gasteiger partial charge in [0.2, 0.25) is 5.91 Å². The number of amides is 3. The lowest BCUT2D eigenvalue weighted by atomic mass is 9.88. The van der Waals surface area contributed by atoms with Gasteiger partial charge in [0.1, 0.15) is 17.6 Å². The van der Waals surface area contributed by atoms with Crippen molar-refractivity contribution in [2.75, 3.05) is 20.2 Å². The lowest BCUT2D eigenvalue weighted by Crippen LogP contribution is -2.54. The molecule has 174 valence electrons. The molecular weight excluding hydrogens is 425 g/mol. The zero-order valence-corrected chi connectivity index (χ0v) is 18.6. The highest BCUT2D eigenvalue weighted by Gasteiger charge is 2.36.